The van der Waals surface area contributed by atoms with Crippen LogP contribution < -0.4 is 10.2 Å². The van der Waals surface area contributed by atoms with Crippen LogP contribution in [0.3, 0.4) is 0 Å². The number of aromatic nitrogens is 2. The molecule has 6 nitrogen and oxygen atoms in total. The maximum atomic E-state index is 9.28. The number of hydrogen-bond acceptors (Lipinski definition) is 6. The Hall–Kier alpha value is -2.36. The predicted molar refractivity (Wildman–Crippen MR) is 71.7 cm³/mol. The van der Waals surface area contributed by atoms with Crippen molar-refractivity contribution in [3.8, 4) is 0 Å². The second kappa shape index (κ2) is 8.17. The molecule has 0 aliphatic rings. The van der Waals surface area contributed by atoms with Crippen molar-refractivity contribution >= 4 is 33.7 Å². The summed E-state index contributed by atoms with van der Waals surface area (Å²) in [6, 6.07) is 12.1. The fourth-order valence-corrected chi connectivity index (χ4v) is 1.80. The molecule has 0 spiro atoms. The second-order valence-electron chi connectivity index (χ2n) is 4.14. The molecule has 2 heterocycles. The van der Waals surface area contributed by atoms with Crippen molar-refractivity contribution in [1.82, 2.24) is 9.97 Å². The van der Waals surface area contributed by atoms with E-state index in [4.69, 9.17) is 0 Å². The standard InChI is InChI=1S/C12H8N2.C3H4O4.Pd/c1-3-9-5-6-10-4-2-8-14-12(10)11(9)13-7-1;4-2(5)1-3(6)7;/h1-8H;1H2,(H,4,5)(H,6,7);/q;;+2/p-2. The topological polar surface area (TPSA) is 106 Å². The van der Waals surface area contributed by atoms with Crippen LogP contribution in [0.5, 0.6) is 0 Å². The number of nitrogens with zero attached hydrogens (tertiary/aromatic N) is 2. The number of benzene rings is 1. The second-order valence-corrected chi connectivity index (χ2v) is 4.14. The van der Waals surface area contributed by atoms with Gasteiger partial charge < -0.3 is 19.8 Å². The number of carbonyl (C=O) groups excluding carboxylic acids is 2. The first-order chi connectivity index (χ1) is 10.1. The number of carboxylic acid groups (broad SMARTS) is 2. The predicted octanol–water partition coefficient (Wildman–Crippen LogP) is -0.343. The molecule has 0 N–H and O–H groups in total. The van der Waals surface area contributed by atoms with E-state index in [1.807, 2.05) is 12.1 Å². The molecular formula is C15H10N2O4Pd. The minimum absolute atomic E-state index is 0. The number of hydrogen-bond donors (Lipinski definition) is 0. The van der Waals surface area contributed by atoms with Crippen LogP contribution >= 0.6 is 0 Å². The van der Waals surface area contributed by atoms with E-state index in [0.717, 1.165) is 21.8 Å². The first-order valence-corrected chi connectivity index (χ1v) is 6.06. The Kier molecular flexibility index (Phi) is 6.57. The summed E-state index contributed by atoms with van der Waals surface area (Å²) in [6.45, 7) is 0. The van der Waals surface area contributed by atoms with Gasteiger partial charge in [0, 0.05) is 41.5 Å². The fraction of sp³-hybridized carbons (Fsp3) is 0.0667. The summed E-state index contributed by atoms with van der Waals surface area (Å²) in [4.78, 5) is 27.2. The molecule has 22 heavy (non-hydrogen) atoms. The van der Waals surface area contributed by atoms with Gasteiger partial charge in [-0.25, -0.2) is 0 Å². The Balaban J connectivity index is 0.000000264. The van der Waals surface area contributed by atoms with E-state index in [0.29, 0.717) is 0 Å². The van der Waals surface area contributed by atoms with E-state index >= 15 is 0 Å². The number of carboxylic acids is 2. The van der Waals surface area contributed by atoms with Gasteiger partial charge in [-0.15, -0.1) is 0 Å². The summed E-state index contributed by atoms with van der Waals surface area (Å²) in [5, 5.41) is 20.8. The van der Waals surface area contributed by atoms with Gasteiger partial charge in [-0.2, -0.15) is 0 Å². The van der Waals surface area contributed by atoms with E-state index in [-0.39, 0.29) is 20.4 Å². The van der Waals surface area contributed by atoms with Gasteiger partial charge >= 0.3 is 20.4 Å². The molecule has 0 amide bonds. The van der Waals surface area contributed by atoms with E-state index < -0.39 is 18.4 Å². The van der Waals surface area contributed by atoms with Crippen LogP contribution in [0.25, 0.3) is 21.8 Å². The summed E-state index contributed by atoms with van der Waals surface area (Å²) in [6.07, 6.45) is 2.58. The number of aliphatic carboxylic acids is 2. The molecule has 0 unspecified atom stereocenters. The van der Waals surface area contributed by atoms with E-state index in [1.54, 1.807) is 12.4 Å². The Morgan fingerprint density at radius 1 is 0.818 bits per heavy atom. The van der Waals surface area contributed by atoms with Crippen LogP contribution in [-0.4, -0.2) is 21.9 Å². The van der Waals surface area contributed by atoms with Crippen LogP contribution in [0.1, 0.15) is 6.42 Å². The van der Waals surface area contributed by atoms with Gasteiger partial charge in [-0.3, -0.25) is 9.97 Å². The van der Waals surface area contributed by atoms with Crippen molar-refractivity contribution in [2.75, 3.05) is 0 Å². The molecule has 0 bridgehead atoms. The zero-order valence-corrected chi connectivity index (χ0v) is 12.7. The minimum Gasteiger partial charge on any atom is -0.550 e. The smallest absolute Gasteiger partial charge is 0.550 e. The molecule has 0 radical (unpaired) electrons. The van der Waals surface area contributed by atoms with Crippen molar-refractivity contribution < 1.29 is 40.2 Å². The van der Waals surface area contributed by atoms with Crippen LogP contribution in [0, 0.1) is 0 Å². The van der Waals surface area contributed by atoms with Gasteiger partial charge in [0.25, 0.3) is 0 Å². The molecule has 3 aromatic rings. The van der Waals surface area contributed by atoms with E-state index in [2.05, 4.69) is 34.2 Å². The Morgan fingerprint density at radius 2 is 1.23 bits per heavy atom. The van der Waals surface area contributed by atoms with Crippen LogP contribution in [0.2, 0.25) is 0 Å². The third-order valence-electron chi connectivity index (χ3n) is 2.63. The van der Waals surface area contributed by atoms with E-state index in [1.165, 1.54) is 0 Å². The van der Waals surface area contributed by atoms with Gasteiger partial charge in [0.2, 0.25) is 0 Å². The molecule has 0 aliphatic heterocycles. The fourth-order valence-electron chi connectivity index (χ4n) is 1.80. The maximum Gasteiger partial charge on any atom is 2.00 e. The first kappa shape index (κ1) is 17.7. The van der Waals surface area contributed by atoms with Crippen molar-refractivity contribution in [1.29, 1.82) is 0 Å². The number of carbonyl (C=O) groups is 2. The number of pyridine rings is 2. The average molecular weight is 389 g/mol. The molecule has 0 fully saturated rings. The zero-order chi connectivity index (χ0) is 15.2. The Morgan fingerprint density at radius 3 is 1.55 bits per heavy atom. The van der Waals surface area contributed by atoms with Crippen molar-refractivity contribution in [3.63, 3.8) is 0 Å². The average Bonchev–Trinajstić information content (AvgIpc) is 2.46. The van der Waals surface area contributed by atoms with Gasteiger partial charge in [0.05, 0.1) is 11.0 Å². The number of rotatable bonds is 2. The Labute approximate surface area is 139 Å². The summed E-state index contributed by atoms with van der Waals surface area (Å²) >= 11 is 0. The van der Waals surface area contributed by atoms with Crippen molar-refractivity contribution in [3.05, 3.63) is 48.8 Å². The van der Waals surface area contributed by atoms with Crippen LogP contribution in [0.15, 0.2) is 48.8 Å². The minimum atomic E-state index is -1.63. The van der Waals surface area contributed by atoms with Crippen LogP contribution in [-0.2, 0) is 30.0 Å². The van der Waals surface area contributed by atoms with Crippen molar-refractivity contribution in [2.45, 2.75) is 6.42 Å². The first-order valence-electron chi connectivity index (χ1n) is 6.06. The van der Waals surface area contributed by atoms with Gasteiger partial charge in [0.15, 0.2) is 0 Å². The molecule has 2 aromatic heterocycles. The maximum absolute atomic E-state index is 9.28. The summed E-state index contributed by atoms with van der Waals surface area (Å²) in [5.74, 6) is -3.25. The molecule has 1 aromatic carbocycles. The summed E-state index contributed by atoms with van der Waals surface area (Å²) in [5.41, 5.74) is 1.95. The zero-order valence-electron chi connectivity index (χ0n) is 11.2. The van der Waals surface area contributed by atoms with Crippen molar-refractivity contribution in [2.24, 2.45) is 0 Å². The molecule has 7 heteroatoms. The molecular weight excluding hydrogens is 379 g/mol. The molecule has 0 saturated heterocycles. The normalized spacial score (nSPS) is 9.45. The molecule has 3 rings (SSSR count). The number of fused-ring (bicyclic) bond motifs is 3. The van der Waals surface area contributed by atoms with Gasteiger partial charge in [0.1, 0.15) is 0 Å². The van der Waals surface area contributed by atoms with Gasteiger partial charge in [-0.05, 0) is 12.1 Å². The van der Waals surface area contributed by atoms with Crippen LogP contribution in [0.4, 0.5) is 0 Å². The summed E-state index contributed by atoms with van der Waals surface area (Å²) < 4.78 is 0. The molecule has 0 atom stereocenters. The quantitative estimate of drug-likeness (QED) is 0.338. The molecule has 114 valence electrons. The monoisotopic (exact) mass is 388 g/mol. The summed E-state index contributed by atoms with van der Waals surface area (Å²) in [7, 11) is 0. The van der Waals surface area contributed by atoms with E-state index in [9.17, 15) is 19.8 Å². The third kappa shape index (κ3) is 4.59. The Bertz CT molecular complexity index is 741. The molecule has 0 saturated carbocycles. The third-order valence-corrected chi connectivity index (χ3v) is 2.63. The van der Waals surface area contributed by atoms with Gasteiger partial charge in [-0.1, -0.05) is 24.3 Å². The SMILES string of the molecule is O=C([O-])CC(=O)[O-].[Pd+2].c1cnc2c(c1)ccc1cccnc12. The molecule has 0 aliphatic carbocycles. The largest absolute Gasteiger partial charge is 2.00 e.